The monoisotopic (exact) mass is 243 g/mol. The summed E-state index contributed by atoms with van der Waals surface area (Å²) in [6, 6.07) is 8.16. The lowest BCUT2D eigenvalue weighted by Crippen LogP contribution is -2.20. The summed E-state index contributed by atoms with van der Waals surface area (Å²) < 4.78 is 0. The van der Waals surface area contributed by atoms with Crippen molar-refractivity contribution in [3.8, 4) is 0 Å². The van der Waals surface area contributed by atoms with Gasteiger partial charge in [0.1, 0.15) is 0 Å². The minimum absolute atomic E-state index is 0.300. The fraction of sp³-hybridized carbons (Fsp3) is 0.333. The molecule has 3 heteroatoms. The first-order chi connectivity index (χ1) is 7.13. The molecule has 0 aliphatic rings. The van der Waals surface area contributed by atoms with Crippen LogP contribution >= 0.6 is 23.2 Å². The average molecular weight is 244 g/mol. The van der Waals surface area contributed by atoms with Crippen LogP contribution in [0.25, 0.3) is 0 Å². The van der Waals surface area contributed by atoms with Gasteiger partial charge < -0.3 is 5.32 Å². The molecule has 0 aliphatic heterocycles. The molecule has 1 nitrogen and oxygen atoms in total. The first kappa shape index (κ1) is 12.6. The molecule has 0 amide bonds. The number of hydrogen-bond acceptors (Lipinski definition) is 1. The number of hydrogen-bond donors (Lipinski definition) is 1. The Morgan fingerprint density at radius 3 is 2.53 bits per heavy atom. The van der Waals surface area contributed by atoms with Crippen molar-refractivity contribution in [2.24, 2.45) is 0 Å². The van der Waals surface area contributed by atoms with Gasteiger partial charge in [0.05, 0.1) is 0 Å². The molecule has 0 bridgehead atoms. The molecule has 0 heterocycles. The van der Waals surface area contributed by atoms with Crippen molar-refractivity contribution in [2.45, 2.75) is 19.9 Å². The summed E-state index contributed by atoms with van der Waals surface area (Å²) in [6.07, 6.45) is 0. The Morgan fingerprint density at radius 2 is 2.00 bits per heavy atom. The van der Waals surface area contributed by atoms with Crippen LogP contribution in [0.15, 0.2) is 35.4 Å². The van der Waals surface area contributed by atoms with Crippen LogP contribution in [0.3, 0.4) is 0 Å². The van der Waals surface area contributed by atoms with E-state index in [0.29, 0.717) is 6.04 Å². The molecule has 0 radical (unpaired) electrons. The summed E-state index contributed by atoms with van der Waals surface area (Å²) in [5, 5.41) is 4.14. The number of benzene rings is 1. The highest BCUT2D eigenvalue weighted by molar-refractivity contribution is 6.30. The molecule has 0 aromatic heterocycles. The zero-order valence-electron chi connectivity index (χ0n) is 8.93. The molecule has 82 valence electrons. The Labute approximate surface area is 101 Å². The Morgan fingerprint density at radius 1 is 1.40 bits per heavy atom. The van der Waals surface area contributed by atoms with Gasteiger partial charge in [-0.25, -0.2) is 0 Å². The molecule has 1 atom stereocenters. The molecular weight excluding hydrogens is 229 g/mol. The fourth-order valence-electron chi connectivity index (χ4n) is 1.22. The van der Waals surface area contributed by atoms with E-state index in [1.807, 2.05) is 31.2 Å². The van der Waals surface area contributed by atoms with Crippen LogP contribution in [0, 0.1) is 0 Å². The fourth-order valence-corrected chi connectivity index (χ4v) is 1.43. The summed E-state index contributed by atoms with van der Waals surface area (Å²) in [7, 11) is 0. The zero-order chi connectivity index (χ0) is 11.3. The molecule has 15 heavy (non-hydrogen) atoms. The number of nitrogens with one attached hydrogen (secondary N) is 1. The first-order valence-corrected chi connectivity index (χ1v) is 5.69. The molecule has 0 saturated carbocycles. The van der Waals surface area contributed by atoms with Gasteiger partial charge in [0.15, 0.2) is 0 Å². The van der Waals surface area contributed by atoms with Gasteiger partial charge in [-0.2, -0.15) is 0 Å². The van der Waals surface area contributed by atoms with Gasteiger partial charge in [-0.05, 0) is 37.1 Å². The smallest absolute Gasteiger partial charge is 0.0406 e. The maximum absolute atomic E-state index is 5.82. The van der Waals surface area contributed by atoms with Gasteiger partial charge in [0.2, 0.25) is 0 Å². The van der Waals surface area contributed by atoms with Crippen molar-refractivity contribution in [1.29, 1.82) is 0 Å². The third kappa shape index (κ3) is 4.25. The number of halogens is 2. The Hall–Kier alpha value is -0.500. The quantitative estimate of drug-likeness (QED) is 0.839. The van der Waals surface area contributed by atoms with Crippen LogP contribution < -0.4 is 5.32 Å². The molecule has 0 saturated heterocycles. The second-order valence-corrected chi connectivity index (χ2v) is 4.26. The third-order valence-corrected chi connectivity index (χ3v) is 2.87. The standard InChI is InChI=1S/C12H15Cl2N/c1-9(7-13)8-15-10(2)11-3-5-12(14)6-4-11/h3-7,10,15H,8H2,1-2H3/b9-7+/t10-/m1/s1. The van der Waals surface area contributed by atoms with Crippen molar-refractivity contribution in [3.05, 3.63) is 46.0 Å². The molecule has 0 unspecified atom stereocenters. The molecule has 1 N–H and O–H groups in total. The van der Waals surface area contributed by atoms with E-state index in [2.05, 4.69) is 12.2 Å². The maximum Gasteiger partial charge on any atom is 0.0406 e. The summed E-state index contributed by atoms with van der Waals surface area (Å²) in [5.41, 5.74) is 3.95. The molecule has 1 aromatic carbocycles. The first-order valence-electron chi connectivity index (χ1n) is 4.88. The van der Waals surface area contributed by atoms with Crippen LogP contribution in [0.2, 0.25) is 5.02 Å². The lowest BCUT2D eigenvalue weighted by molar-refractivity contribution is 0.607. The Bertz CT molecular complexity index is 330. The molecular formula is C12H15Cl2N. The highest BCUT2D eigenvalue weighted by Crippen LogP contribution is 2.16. The third-order valence-electron chi connectivity index (χ3n) is 2.24. The van der Waals surface area contributed by atoms with Gasteiger partial charge >= 0.3 is 0 Å². The summed E-state index contributed by atoms with van der Waals surface area (Å²) >= 11 is 11.4. The van der Waals surface area contributed by atoms with Gasteiger partial charge in [0, 0.05) is 23.1 Å². The predicted octanol–water partition coefficient (Wildman–Crippen LogP) is 4.13. The Kier molecular flexibility index (Phi) is 5.16. The molecule has 1 rings (SSSR count). The topological polar surface area (TPSA) is 12.0 Å². The van der Waals surface area contributed by atoms with E-state index in [9.17, 15) is 0 Å². The predicted molar refractivity (Wildman–Crippen MR) is 67.5 cm³/mol. The minimum atomic E-state index is 0.300. The highest BCUT2D eigenvalue weighted by atomic mass is 35.5. The summed E-state index contributed by atoms with van der Waals surface area (Å²) in [5.74, 6) is 0. The minimum Gasteiger partial charge on any atom is -0.306 e. The van der Waals surface area contributed by atoms with Gasteiger partial charge in [0.25, 0.3) is 0 Å². The van der Waals surface area contributed by atoms with E-state index in [4.69, 9.17) is 23.2 Å². The van der Waals surface area contributed by atoms with E-state index in [1.165, 1.54) is 5.56 Å². The lowest BCUT2D eigenvalue weighted by Gasteiger charge is -2.14. The van der Waals surface area contributed by atoms with Crippen molar-refractivity contribution in [2.75, 3.05) is 6.54 Å². The second-order valence-electron chi connectivity index (χ2n) is 3.61. The van der Waals surface area contributed by atoms with E-state index < -0.39 is 0 Å². The van der Waals surface area contributed by atoms with Crippen molar-refractivity contribution >= 4 is 23.2 Å². The maximum atomic E-state index is 5.82. The summed E-state index contributed by atoms with van der Waals surface area (Å²) in [6.45, 7) is 4.91. The van der Waals surface area contributed by atoms with Crippen molar-refractivity contribution in [3.63, 3.8) is 0 Å². The SMILES string of the molecule is C/C(=C\Cl)CN[C@H](C)c1ccc(Cl)cc1. The normalized spacial score (nSPS) is 14.0. The molecule has 0 fully saturated rings. The lowest BCUT2D eigenvalue weighted by atomic mass is 10.1. The zero-order valence-corrected chi connectivity index (χ0v) is 10.4. The van der Waals surface area contributed by atoms with E-state index >= 15 is 0 Å². The molecule has 0 aliphatic carbocycles. The highest BCUT2D eigenvalue weighted by Gasteiger charge is 2.03. The van der Waals surface area contributed by atoms with Crippen LogP contribution in [0.4, 0.5) is 0 Å². The largest absolute Gasteiger partial charge is 0.306 e. The van der Waals surface area contributed by atoms with E-state index in [1.54, 1.807) is 5.54 Å². The molecule has 0 spiro atoms. The van der Waals surface area contributed by atoms with Crippen LogP contribution in [-0.4, -0.2) is 6.54 Å². The number of rotatable bonds is 4. The van der Waals surface area contributed by atoms with Gasteiger partial charge in [-0.1, -0.05) is 35.3 Å². The van der Waals surface area contributed by atoms with Crippen LogP contribution in [0.1, 0.15) is 25.5 Å². The van der Waals surface area contributed by atoms with Crippen molar-refractivity contribution < 1.29 is 0 Å². The van der Waals surface area contributed by atoms with Crippen LogP contribution in [-0.2, 0) is 0 Å². The van der Waals surface area contributed by atoms with E-state index in [-0.39, 0.29) is 0 Å². The van der Waals surface area contributed by atoms with Crippen LogP contribution in [0.5, 0.6) is 0 Å². The average Bonchev–Trinajstić information content (AvgIpc) is 2.26. The molecule has 1 aromatic rings. The van der Waals surface area contributed by atoms with Crippen molar-refractivity contribution in [1.82, 2.24) is 5.32 Å². The van der Waals surface area contributed by atoms with Gasteiger partial charge in [-0.3, -0.25) is 0 Å². The second kappa shape index (κ2) is 6.16. The van der Waals surface area contributed by atoms with E-state index in [0.717, 1.165) is 17.1 Å². The Balaban J connectivity index is 2.53. The summed E-state index contributed by atoms with van der Waals surface area (Å²) in [4.78, 5) is 0. The van der Waals surface area contributed by atoms with Gasteiger partial charge in [-0.15, -0.1) is 0 Å².